The number of carbonyl (C=O) groups is 2. The number of rotatable bonds is 9. The van der Waals surface area contributed by atoms with E-state index in [2.05, 4.69) is 20.7 Å². The number of amides is 3. The molecule has 17 heteroatoms. The van der Waals surface area contributed by atoms with E-state index < -0.39 is 67.2 Å². The molecule has 11 nitrogen and oxygen atoms in total. The van der Waals surface area contributed by atoms with Gasteiger partial charge in [0.15, 0.2) is 16.9 Å². The second-order valence-electron chi connectivity index (χ2n) is 10.6. The van der Waals surface area contributed by atoms with Crippen LogP contribution in [0.25, 0.3) is 5.65 Å². The van der Waals surface area contributed by atoms with Crippen LogP contribution in [0.5, 0.6) is 0 Å². The predicted octanol–water partition coefficient (Wildman–Crippen LogP) is 4.65. The molecular weight excluding hydrogens is 583 g/mol. The fraction of sp³-hybridized carbons (Fsp3) is 0.667. The van der Waals surface area contributed by atoms with E-state index in [1.165, 1.54) is 30.8 Å². The van der Waals surface area contributed by atoms with Gasteiger partial charge >= 0.3 is 18.3 Å². The van der Waals surface area contributed by atoms with Gasteiger partial charge in [-0.2, -0.15) is 18.3 Å². The van der Waals surface area contributed by atoms with E-state index in [-0.39, 0.29) is 28.7 Å². The van der Waals surface area contributed by atoms with E-state index in [1.54, 1.807) is 20.8 Å². The van der Waals surface area contributed by atoms with E-state index in [0.717, 1.165) is 11.8 Å². The number of hydrogen-bond acceptors (Lipinski definition) is 7. The third-order valence-corrected chi connectivity index (χ3v) is 6.31. The summed E-state index contributed by atoms with van der Waals surface area (Å²) in [6.07, 6.45) is -7.70. The Hall–Kier alpha value is -2.98. The van der Waals surface area contributed by atoms with Crippen LogP contribution in [0.4, 0.5) is 31.5 Å². The maximum Gasteiger partial charge on any atom is 0.414 e. The minimum absolute atomic E-state index is 0.0454. The zero-order valence-corrected chi connectivity index (χ0v) is 23.9. The third kappa shape index (κ3) is 8.29. The Kier molecular flexibility index (Phi) is 9.60. The average Bonchev–Trinajstić information content (AvgIpc) is 3.22. The lowest BCUT2D eigenvalue weighted by atomic mass is 10.1. The standard InChI is InChI=1S/C24H32ClF5N6O5/c1-12(40-13(2)24(28,29)30)18(33-21(38)41-22(3,4)5)15-8-36-17(32-15)7-14(19(25)34-36)16(9-39-6)35-11-23(26,27)10-31-20(35)37/h7-8,12-13,16,18H,9-11H2,1-6H3,(H,31,37)(H,33,38)/t12-,13-,16-,18+/m1/s1. The number of methoxy groups -OCH3 is 1. The summed E-state index contributed by atoms with van der Waals surface area (Å²) >= 11 is 6.40. The molecule has 0 radical (unpaired) electrons. The number of aromatic nitrogens is 3. The monoisotopic (exact) mass is 614 g/mol. The molecule has 230 valence electrons. The van der Waals surface area contributed by atoms with Crippen LogP contribution in [0.3, 0.4) is 0 Å². The molecule has 2 aromatic rings. The molecule has 2 N–H and O–H groups in total. The Balaban J connectivity index is 2.02. The summed E-state index contributed by atoms with van der Waals surface area (Å²) in [5.41, 5.74) is -0.632. The number of nitrogens with one attached hydrogen (secondary N) is 2. The van der Waals surface area contributed by atoms with Crippen molar-refractivity contribution in [3.63, 3.8) is 0 Å². The summed E-state index contributed by atoms with van der Waals surface area (Å²) in [5.74, 6) is -3.21. The molecule has 0 aliphatic carbocycles. The first-order valence-electron chi connectivity index (χ1n) is 12.5. The van der Waals surface area contributed by atoms with Gasteiger partial charge in [-0.15, -0.1) is 0 Å². The first kappa shape index (κ1) is 32.5. The van der Waals surface area contributed by atoms with Crippen molar-refractivity contribution in [1.29, 1.82) is 0 Å². The van der Waals surface area contributed by atoms with Gasteiger partial charge in [0, 0.05) is 12.7 Å². The zero-order valence-electron chi connectivity index (χ0n) is 23.2. The van der Waals surface area contributed by atoms with Crippen LogP contribution in [0.15, 0.2) is 12.3 Å². The van der Waals surface area contributed by atoms with Gasteiger partial charge in [0.25, 0.3) is 5.92 Å². The van der Waals surface area contributed by atoms with Gasteiger partial charge < -0.3 is 29.7 Å². The molecule has 3 heterocycles. The van der Waals surface area contributed by atoms with Crippen molar-refractivity contribution in [2.75, 3.05) is 26.8 Å². The number of fused-ring (bicyclic) bond motifs is 1. The number of ether oxygens (including phenoxy) is 3. The van der Waals surface area contributed by atoms with E-state index in [1.807, 2.05) is 0 Å². The van der Waals surface area contributed by atoms with Crippen molar-refractivity contribution >= 4 is 29.4 Å². The lowest BCUT2D eigenvalue weighted by Crippen LogP contribution is -2.58. The molecule has 1 aliphatic heterocycles. The van der Waals surface area contributed by atoms with Crippen molar-refractivity contribution < 1.29 is 45.8 Å². The molecule has 1 saturated heterocycles. The van der Waals surface area contributed by atoms with E-state index >= 15 is 0 Å². The molecule has 0 unspecified atom stereocenters. The maximum atomic E-state index is 14.1. The first-order chi connectivity index (χ1) is 18.8. The van der Waals surface area contributed by atoms with Crippen molar-refractivity contribution in [1.82, 2.24) is 30.1 Å². The Morgan fingerprint density at radius 1 is 1.27 bits per heavy atom. The van der Waals surface area contributed by atoms with Crippen molar-refractivity contribution in [2.24, 2.45) is 0 Å². The fourth-order valence-electron chi connectivity index (χ4n) is 4.10. The largest absolute Gasteiger partial charge is 0.444 e. The van der Waals surface area contributed by atoms with Crippen LogP contribution >= 0.6 is 11.6 Å². The lowest BCUT2D eigenvalue weighted by Gasteiger charge is -2.38. The molecule has 41 heavy (non-hydrogen) atoms. The van der Waals surface area contributed by atoms with Crippen molar-refractivity contribution in [3.05, 3.63) is 28.7 Å². The van der Waals surface area contributed by atoms with Gasteiger partial charge in [-0.05, 0) is 40.7 Å². The number of halogens is 6. The normalized spacial score (nSPS) is 18.9. The summed E-state index contributed by atoms with van der Waals surface area (Å²) < 4.78 is 84.7. The maximum absolute atomic E-state index is 14.1. The molecule has 3 amide bonds. The molecule has 4 atom stereocenters. The minimum Gasteiger partial charge on any atom is -0.444 e. The molecule has 1 fully saturated rings. The summed E-state index contributed by atoms with van der Waals surface area (Å²) in [5, 5.41) is 8.64. The van der Waals surface area contributed by atoms with Gasteiger partial charge in [0.05, 0.1) is 43.7 Å². The average molecular weight is 615 g/mol. The van der Waals surface area contributed by atoms with Crippen LogP contribution in [-0.4, -0.2) is 88.3 Å². The fourth-order valence-corrected chi connectivity index (χ4v) is 4.36. The summed E-state index contributed by atoms with van der Waals surface area (Å²) in [6, 6.07) is -1.69. The number of carbonyl (C=O) groups excluding carboxylic acids is 2. The highest BCUT2D eigenvalue weighted by Gasteiger charge is 2.43. The Bertz CT molecular complexity index is 1250. The number of urea groups is 1. The van der Waals surface area contributed by atoms with Crippen molar-refractivity contribution in [2.45, 2.75) is 76.6 Å². The van der Waals surface area contributed by atoms with Gasteiger partial charge in [0.1, 0.15) is 11.6 Å². The van der Waals surface area contributed by atoms with E-state index in [0.29, 0.717) is 0 Å². The summed E-state index contributed by atoms with van der Waals surface area (Å²) in [7, 11) is 1.32. The first-order valence-corrected chi connectivity index (χ1v) is 12.9. The SMILES string of the molecule is COC[C@H](c1cc2nc([C@@H](NC(=O)OC(C)(C)C)[C@@H](C)O[C@H](C)C(F)(F)F)cn2nc1Cl)N1CC(F)(F)CNC1=O. The van der Waals surface area contributed by atoms with Crippen LogP contribution in [0.1, 0.15) is 58.0 Å². The summed E-state index contributed by atoms with van der Waals surface area (Å²) in [6.45, 7) is 5.05. The smallest absolute Gasteiger partial charge is 0.414 e. The lowest BCUT2D eigenvalue weighted by molar-refractivity contribution is -0.227. The molecule has 0 spiro atoms. The predicted molar refractivity (Wildman–Crippen MR) is 136 cm³/mol. The molecule has 0 aromatic carbocycles. The Morgan fingerprint density at radius 3 is 2.51 bits per heavy atom. The van der Waals surface area contributed by atoms with Crippen LogP contribution in [-0.2, 0) is 14.2 Å². The highest BCUT2D eigenvalue weighted by atomic mass is 35.5. The third-order valence-electron chi connectivity index (χ3n) is 6.01. The molecular formula is C24H32ClF5N6O5. The summed E-state index contributed by atoms with van der Waals surface area (Å²) in [4.78, 5) is 30.3. The highest BCUT2D eigenvalue weighted by Crippen LogP contribution is 2.33. The second kappa shape index (κ2) is 12.1. The van der Waals surface area contributed by atoms with Gasteiger partial charge in [-0.25, -0.2) is 27.9 Å². The van der Waals surface area contributed by atoms with Gasteiger partial charge in [-0.3, -0.25) is 0 Å². The zero-order chi connectivity index (χ0) is 30.9. The van der Waals surface area contributed by atoms with Crippen LogP contribution in [0, 0.1) is 0 Å². The minimum atomic E-state index is -4.67. The molecule has 3 rings (SSSR count). The Morgan fingerprint density at radius 2 is 1.93 bits per heavy atom. The van der Waals surface area contributed by atoms with Crippen molar-refractivity contribution in [3.8, 4) is 0 Å². The van der Waals surface area contributed by atoms with Gasteiger partial charge in [0.2, 0.25) is 0 Å². The topological polar surface area (TPSA) is 119 Å². The number of alkyl carbamates (subject to hydrolysis) is 1. The van der Waals surface area contributed by atoms with Gasteiger partial charge in [-0.1, -0.05) is 11.6 Å². The van der Waals surface area contributed by atoms with Crippen LogP contribution < -0.4 is 10.6 Å². The second-order valence-corrected chi connectivity index (χ2v) is 11.0. The number of imidazole rings is 1. The van der Waals surface area contributed by atoms with E-state index in [4.69, 9.17) is 25.8 Å². The number of nitrogens with zero attached hydrogens (tertiary/aromatic N) is 4. The van der Waals surface area contributed by atoms with E-state index in [9.17, 15) is 31.5 Å². The molecule has 0 bridgehead atoms. The molecule has 2 aromatic heterocycles. The quantitative estimate of drug-likeness (QED) is 0.395. The number of hydrogen-bond donors (Lipinski definition) is 2. The molecule has 0 saturated carbocycles. The number of alkyl halides is 5. The highest BCUT2D eigenvalue weighted by molar-refractivity contribution is 6.30. The van der Waals surface area contributed by atoms with Crippen LogP contribution in [0.2, 0.25) is 5.15 Å². The Labute approximate surface area is 237 Å². The molecule has 1 aliphatic rings.